The maximum Gasteiger partial charge on any atom is 0.416 e. The second-order valence-corrected chi connectivity index (χ2v) is 7.77. The van der Waals surface area contributed by atoms with Gasteiger partial charge in [0.15, 0.2) is 0 Å². The van der Waals surface area contributed by atoms with Gasteiger partial charge in [-0.3, -0.25) is 9.59 Å². The third-order valence-electron chi connectivity index (χ3n) is 5.61. The average Bonchev–Trinajstić information content (AvgIpc) is 3.33. The van der Waals surface area contributed by atoms with Crippen molar-refractivity contribution in [3.63, 3.8) is 0 Å². The van der Waals surface area contributed by atoms with E-state index in [0.717, 1.165) is 24.3 Å². The van der Waals surface area contributed by atoms with Crippen LogP contribution in [0.5, 0.6) is 0 Å². The van der Waals surface area contributed by atoms with Gasteiger partial charge in [-0.1, -0.05) is 0 Å². The molecule has 0 bridgehead atoms. The highest BCUT2D eigenvalue weighted by Crippen LogP contribution is 2.29. The topological polar surface area (TPSA) is 67.2 Å². The summed E-state index contributed by atoms with van der Waals surface area (Å²) < 4.78 is 54.0. The van der Waals surface area contributed by atoms with Gasteiger partial charge in [-0.05, 0) is 55.3 Å². The van der Waals surface area contributed by atoms with Gasteiger partial charge in [0.2, 0.25) is 5.91 Å². The molecule has 0 unspecified atom stereocenters. The van der Waals surface area contributed by atoms with Gasteiger partial charge >= 0.3 is 6.18 Å². The lowest BCUT2D eigenvalue weighted by atomic mass is 9.95. The molecular weight excluding hydrogens is 440 g/mol. The van der Waals surface area contributed by atoms with Crippen LogP contribution in [0.15, 0.2) is 61.2 Å². The minimum Gasteiger partial charge on any atom is -0.339 e. The van der Waals surface area contributed by atoms with Crippen LogP contribution in [0.1, 0.15) is 28.8 Å². The van der Waals surface area contributed by atoms with Crippen molar-refractivity contribution in [3.05, 3.63) is 78.1 Å². The number of aromatic nitrogens is 2. The highest BCUT2D eigenvalue weighted by atomic mass is 19.4. The van der Waals surface area contributed by atoms with Crippen molar-refractivity contribution in [2.45, 2.75) is 19.0 Å². The van der Waals surface area contributed by atoms with Gasteiger partial charge in [-0.25, -0.2) is 9.37 Å². The Morgan fingerprint density at radius 1 is 1.03 bits per heavy atom. The maximum absolute atomic E-state index is 14.4. The molecular formula is C23H20F4N4O2. The molecule has 3 aromatic rings. The third-order valence-corrected chi connectivity index (χ3v) is 5.61. The van der Waals surface area contributed by atoms with E-state index in [9.17, 15) is 27.2 Å². The Bertz CT molecular complexity index is 1140. The van der Waals surface area contributed by atoms with E-state index in [-0.39, 0.29) is 23.3 Å². The lowest BCUT2D eigenvalue weighted by molar-refractivity contribution is -0.137. The molecule has 0 radical (unpaired) electrons. The number of carbonyl (C=O) groups excluding carboxylic acids is 2. The molecule has 1 aromatic heterocycles. The Morgan fingerprint density at radius 2 is 1.73 bits per heavy atom. The van der Waals surface area contributed by atoms with Crippen LogP contribution in [0.4, 0.5) is 23.2 Å². The summed E-state index contributed by atoms with van der Waals surface area (Å²) in [6.45, 7) is 0.595. The molecule has 33 heavy (non-hydrogen) atoms. The molecule has 2 heterocycles. The summed E-state index contributed by atoms with van der Waals surface area (Å²) in [7, 11) is 0. The first-order valence-corrected chi connectivity index (χ1v) is 10.3. The van der Waals surface area contributed by atoms with E-state index in [1.54, 1.807) is 12.3 Å². The van der Waals surface area contributed by atoms with Crippen molar-refractivity contribution >= 4 is 17.5 Å². The van der Waals surface area contributed by atoms with Gasteiger partial charge in [0.05, 0.1) is 17.6 Å². The molecule has 2 aromatic carbocycles. The van der Waals surface area contributed by atoms with Crippen LogP contribution in [0.3, 0.4) is 0 Å². The molecule has 6 nitrogen and oxygen atoms in total. The number of carbonyl (C=O) groups is 2. The number of likely N-dealkylation sites (tertiary alicyclic amines) is 1. The molecule has 1 fully saturated rings. The Morgan fingerprint density at radius 3 is 2.30 bits per heavy atom. The molecule has 2 amide bonds. The van der Waals surface area contributed by atoms with E-state index in [0.29, 0.717) is 37.3 Å². The molecule has 0 spiro atoms. The molecule has 0 atom stereocenters. The summed E-state index contributed by atoms with van der Waals surface area (Å²) in [5.74, 6) is -1.52. The van der Waals surface area contributed by atoms with Crippen molar-refractivity contribution in [2.75, 3.05) is 18.4 Å². The summed E-state index contributed by atoms with van der Waals surface area (Å²) in [6, 6.07) is 8.45. The first-order chi connectivity index (χ1) is 15.7. The van der Waals surface area contributed by atoms with E-state index in [2.05, 4.69) is 10.3 Å². The molecule has 1 N–H and O–H groups in total. The molecule has 10 heteroatoms. The van der Waals surface area contributed by atoms with Crippen molar-refractivity contribution in [3.8, 4) is 5.69 Å². The minimum atomic E-state index is -4.46. The number of amides is 2. The number of hydrogen-bond acceptors (Lipinski definition) is 3. The fraction of sp³-hybridized carbons (Fsp3) is 0.261. The minimum absolute atomic E-state index is 0.166. The highest BCUT2D eigenvalue weighted by Gasteiger charge is 2.31. The standard InChI is InChI=1S/C23H20F4N4O2/c24-19-13-18(5-6-20(19)31-12-9-28-14-31)29-21(32)15-7-10-30(11-8-15)22(33)16-1-3-17(4-2-16)23(25,26)27/h1-6,9,12-15H,7-8,10-11H2,(H,29,32). The maximum atomic E-state index is 14.4. The van der Waals surface area contributed by atoms with Crippen LogP contribution < -0.4 is 5.32 Å². The van der Waals surface area contributed by atoms with E-state index in [1.807, 2.05) is 0 Å². The van der Waals surface area contributed by atoms with Gasteiger partial charge in [-0.2, -0.15) is 13.2 Å². The zero-order valence-corrected chi connectivity index (χ0v) is 17.3. The van der Waals surface area contributed by atoms with Crippen LogP contribution in [0.2, 0.25) is 0 Å². The average molecular weight is 460 g/mol. The Labute approximate surface area is 186 Å². The molecule has 172 valence electrons. The number of piperidine rings is 1. The molecule has 0 aliphatic carbocycles. The van der Waals surface area contributed by atoms with Crippen molar-refractivity contribution in [1.82, 2.24) is 14.5 Å². The monoisotopic (exact) mass is 460 g/mol. The molecule has 0 saturated carbocycles. The number of imidazole rings is 1. The number of anilines is 1. The predicted octanol–water partition coefficient (Wildman–Crippen LogP) is 4.52. The van der Waals surface area contributed by atoms with Gasteiger partial charge in [0.1, 0.15) is 5.82 Å². The first-order valence-electron chi connectivity index (χ1n) is 10.3. The van der Waals surface area contributed by atoms with Crippen molar-refractivity contribution in [2.24, 2.45) is 5.92 Å². The van der Waals surface area contributed by atoms with E-state index in [4.69, 9.17) is 0 Å². The van der Waals surface area contributed by atoms with E-state index in [1.165, 1.54) is 34.1 Å². The fourth-order valence-electron chi connectivity index (χ4n) is 3.77. The van der Waals surface area contributed by atoms with Crippen LogP contribution in [-0.2, 0) is 11.0 Å². The second kappa shape index (κ2) is 9.05. The zero-order chi connectivity index (χ0) is 23.6. The normalized spacial score (nSPS) is 14.8. The summed E-state index contributed by atoms with van der Waals surface area (Å²) in [6.07, 6.45) is 0.939. The van der Waals surface area contributed by atoms with E-state index >= 15 is 0 Å². The highest BCUT2D eigenvalue weighted by molar-refractivity contribution is 5.95. The Hall–Kier alpha value is -3.69. The summed E-state index contributed by atoms with van der Waals surface area (Å²) in [4.78, 5) is 30.6. The molecule has 1 saturated heterocycles. The summed E-state index contributed by atoms with van der Waals surface area (Å²) in [5, 5.41) is 2.71. The first kappa shape index (κ1) is 22.5. The van der Waals surface area contributed by atoms with Gasteiger partial charge in [0.25, 0.3) is 5.91 Å². The summed E-state index contributed by atoms with van der Waals surface area (Å²) in [5.41, 5.74) is -0.0199. The lowest BCUT2D eigenvalue weighted by Crippen LogP contribution is -2.41. The summed E-state index contributed by atoms with van der Waals surface area (Å²) >= 11 is 0. The van der Waals surface area contributed by atoms with Gasteiger partial charge in [0, 0.05) is 42.7 Å². The Balaban J connectivity index is 1.32. The zero-order valence-electron chi connectivity index (χ0n) is 17.3. The van der Waals surface area contributed by atoms with E-state index < -0.39 is 17.6 Å². The Kier molecular flexibility index (Phi) is 6.17. The quantitative estimate of drug-likeness (QED) is 0.583. The lowest BCUT2D eigenvalue weighted by Gasteiger charge is -2.31. The van der Waals surface area contributed by atoms with Crippen molar-refractivity contribution < 1.29 is 27.2 Å². The number of hydrogen-bond donors (Lipinski definition) is 1. The largest absolute Gasteiger partial charge is 0.416 e. The van der Waals surface area contributed by atoms with Crippen molar-refractivity contribution in [1.29, 1.82) is 0 Å². The number of rotatable bonds is 4. The van der Waals surface area contributed by atoms with Crippen LogP contribution in [0.25, 0.3) is 5.69 Å². The van der Waals surface area contributed by atoms with Gasteiger partial charge in [-0.15, -0.1) is 0 Å². The second-order valence-electron chi connectivity index (χ2n) is 7.77. The molecule has 1 aliphatic rings. The van der Waals surface area contributed by atoms with Crippen LogP contribution in [0, 0.1) is 11.7 Å². The number of alkyl halides is 3. The third kappa shape index (κ3) is 5.05. The van der Waals surface area contributed by atoms with Crippen LogP contribution >= 0.6 is 0 Å². The number of benzene rings is 2. The predicted molar refractivity (Wildman–Crippen MR) is 112 cm³/mol. The number of nitrogens with one attached hydrogen (secondary N) is 1. The number of nitrogens with zero attached hydrogens (tertiary/aromatic N) is 3. The van der Waals surface area contributed by atoms with Crippen LogP contribution in [-0.4, -0.2) is 39.4 Å². The fourth-order valence-corrected chi connectivity index (χ4v) is 3.77. The SMILES string of the molecule is O=C(Nc1ccc(-n2ccnc2)c(F)c1)C1CCN(C(=O)c2ccc(C(F)(F)F)cc2)CC1. The molecule has 1 aliphatic heterocycles. The number of halogens is 4. The molecule has 4 rings (SSSR count). The van der Waals surface area contributed by atoms with Gasteiger partial charge < -0.3 is 14.8 Å². The smallest absolute Gasteiger partial charge is 0.339 e.